The molecule has 0 radical (unpaired) electrons. The van der Waals surface area contributed by atoms with Crippen molar-refractivity contribution in [2.24, 2.45) is 7.05 Å². The van der Waals surface area contributed by atoms with Crippen molar-refractivity contribution in [3.63, 3.8) is 0 Å². The van der Waals surface area contributed by atoms with Crippen molar-refractivity contribution in [1.29, 1.82) is 0 Å². The molecule has 1 aliphatic rings. The lowest BCUT2D eigenvalue weighted by Crippen LogP contribution is -2.02. The number of fused-ring (bicyclic) bond motifs is 3. The van der Waals surface area contributed by atoms with Crippen LogP contribution < -0.4 is 5.32 Å². The molecule has 0 aliphatic heterocycles. The van der Waals surface area contributed by atoms with Gasteiger partial charge in [-0.15, -0.1) is 11.3 Å². The zero-order valence-corrected chi connectivity index (χ0v) is 13.0. The maximum absolute atomic E-state index is 4.76. The summed E-state index contributed by atoms with van der Waals surface area (Å²) in [5.41, 5.74) is 2.28. The van der Waals surface area contributed by atoms with Gasteiger partial charge in [-0.25, -0.2) is 9.97 Å². The maximum atomic E-state index is 4.76. The molecule has 3 aromatic heterocycles. The number of thiophene rings is 1. The normalized spacial score (nSPS) is 14.4. The highest BCUT2D eigenvalue weighted by atomic mass is 32.1. The SMILES string of the molecule is CNc1nc(-c2ccn(C)n2)nc2sc3c(c12)CCCC3. The molecular weight excluding hydrogens is 282 g/mol. The van der Waals surface area contributed by atoms with Crippen molar-refractivity contribution in [2.45, 2.75) is 25.7 Å². The van der Waals surface area contributed by atoms with Crippen LogP contribution in [-0.2, 0) is 19.9 Å². The number of hydrogen-bond acceptors (Lipinski definition) is 5. The van der Waals surface area contributed by atoms with Gasteiger partial charge in [0.2, 0.25) is 0 Å². The van der Waals surface area contributed by atoms with Crippen LogP contribution in [0.15, 0.2) is 12.3 Å². The fraction of sp³-hybridized carbons (Fsp3) is 0.400. The van der Waals surface area contributed by atoms with Crippen LogP contribution in [0.1, 0.15) is 23.3 Å². The summed E-state index contributed by atoms with van der Waals surface area (Å²) in [4.78, 5) is 12.0. The summed E-state index contributed by atoms with van der Waals surface area (Å²) in [5.74, 6) is 1.63. The molecule has 1 N–H and O–H groups in total. The lowest BCUT2D eigenvalue weighted by Gasteiger charge is -2.11. The van der Waals surface area contributed by atoms with Gasteiger partial charge in [0.15, 0.2) is 5.82 Å². The van der Waals surface area contributed by atoms with Crippen molar-refractivity contribution in [2.75, 3.05) is 12.4 Å². The van der Waals surface area contributed by atoms with E-state index in [0.29, 0.717) is 5.82 Å². The molecule has 4 rings (SSSR count). The highest BCUT2D eigenvalue weighted by molar-refractivity contribution is 7.19. The Labute approximate surface area is 127 Å². The average Bonchev–Trinajstić information content (AvgIpc) is 3.09. The number of anilines is 1. The van der Waals surface area contributed by atoms with E-state index in [1.54, 1.807) is 4.68 Å². The Kier molecular flexibility index (Phi) is 2.92. The van der Waals surface area contributed by atoms with Gasteiger partial charge in [0.1, 0.15) is 16.3 Å². The van der Waals surface area contributed by atoms with Gasteiger partial charge < -0.3 is 5.32 Å². The number of aromatic nitrogens is 4. The molecule has 1 aliphatic carbocycles. The van der Waals surface area contributed by atoms with Crippen LogP contribution in [0.5, 0.6) is 0 Å². The molecule has 0 saturated carbocycles. The highest BCUT2D eigenvalue weighted by Gasteiger charge is 2.21. The van der Waals surface area contributed by atoms with Crippen molar-refractivity contribution in [3.05, 3.63) is 22.7 Å². The van der Waals surface area contributed by atoms with E-state index in [-0.39, 0.29) is 0 Å². The first-order valence-electron chi connectivity index (χ1n) is 7.26. The molecule has 0 bridgehead atoms. The quantitative estimate of drug-likeness (QED) is 0.790. The van der Waals surface area contributed by atoms with Crippen LogP contribution in [0.25, 0.3) is 21.7 Å². The fourth-order valence-corrected chi connectivity index (χ4v) is 4.25. The first-order chi connectivity index (χ1) is 10.3. The summed E-state index contributed by atoms with van der Waals surface area (Å²) in [6, 6.07) is 1.95. The van der Waals surface area contributed by atoms with Crippen LogP contribution in [0, 0.1) is 0 Å². The van der Waals surface area contributed by atoms with Gasteiger partial charge >= 0.3 is 0 Å². The minimum atomic E-state index is 0.700. The fourth-order valence-electron chi connectivity index (χ4n) is 2.99. The lowest BCUT2D eigenvalue weighted by atomic mass is 9.97. The third-order valence-electron chi connectivity index (χ3n) is 3.99. The molecule has 3 heterocycles. The molecule has 21 heavy (non-hydrogen) atoms. The third-order valence-corrected chi connectivity index (χ3v) is 5.18. The Morgan fingerprint density at radius 2 is 2.10 bits per heavy atom. The monoisotopic (exact) mass is 299 g/mol. The molecule has 5 nitrogen and oxygen atoms in total. The van der Waals surface area contributed by atoms with Gasteiger partial charge in [-0.3, -0.25) is 4.68 Å². The predicted molar refractivity (Wildman–Crippen MR) is 85.8 cm³/mol. The second kappa shape index (κ2) is 4.80. The lowest BCUT2D eigenvalue weighted by molar-refractivity contribution is 0.700. The van der Waals surface area contributed by atoms with Gasteiger partial charge in [0.25, 0.3) is 0 Å². The molecular formula is C15H17N5S. The van der Waals surface area contributed by atoms with Gasteiger partial charge in [0, 0.05) is 25.2 Å². The first kappa shape index (κ1) is 12.8. The molecule has 6 heteroatoms. The van der Waals surface area contributed by atoms with Crippen LogP contribution >= 0.6 is 11.3 Å². The van der Waals surface area contributed by atoms with E-state index in [2.05, 4.69) is 10.4 Å². The molecule has 0 unspecified atom stereocenters. The van der Waals surface area contributed by atoms with Gasteiger partial charge in [-0.1, -0.05) is 0 Å². The van der Waals surface area contributed by atoms with E-state index < -0.39 is 0 Å². The summed E-state index contributed by atoms with van der Waals surface area (Å²) in [5, 5.41) is 8.88. The second-order valence-electron chi connectivity index (χ2n) is 5.41. The Hall–Kier alpha value is -1.95. The largest absolute Gasteiger partial charge is 0.372 e. The molecule has 0 atom stereocenters. The summed E-state index contributed by atoms with van der Waals surface area (Å²) in [6.07, 6.45) is 6.80. The minimum Gasteiger partial charge on any atom is -0.372 e. The first-order valence-corrected chi connectivity index (χ1v) is 8.08. The Morgan fingerprint density at radius 1 is 1.24 bits per heavy atom. The molecule has 0 spiro atoms. The van der Waals surface area contributed by atoms with Gasteiger partial charge in [-0.05, 0) is 37.3 Å². The summed E-state index contributed by atoms with van der Waals surface area (Å²) < 4.78 is 1.78. The Balaban J connectivity index is 1.96. The maximum Gasteiger partial charge on any atom is 0.183 e. The number of nitrogens with one attached hydrogen (secondary N) is 1. The summed E-state index contributed by atoms with van der Waals surface area (Å²) in [6.45, 7) is 0. The summed E-state index contributed by atoms with van der Waals surface area (Å²) >= 11 is 1.82. The molecule has 3 aromatic rings. The molecule has 0 aromatic carbocycles. The molecule has 0 amide bonds. The Morgan fingerprint density at radius 3 is 2.86 bits per heavy atom. The van der Waals surface area contributed by atoms with Crippen molar-refractivity contribution < 1.29 is 0 Å². The zero-order chi connectivity index (χ0) is 14.4. The van der Waals surface area contributed by atoms with Crippen LogP contribution in [0.4, 0.5) is 5.82 Å². The van der Waals surface area contributed by atoms with Crippen molar-refractivity contribution >= 4 is 27.4 Å². The molecule has 108 valence electrons. The Bertz CT molecular complexity index is 817. The minimum absolute atomic E-state index is 0.700. The van der Waals surface area contributed by atoms with Crippen LogP contribution in [0.3, 0.4) is 0 Å². The number of rotatable bonds is 2. The van der Waals surface area contributed by atoms with E-state index >= 15 is 0 Å². The van der Waals surface area contributed by atoms with E-state index in [4.69, 9.17) is 9.97 Å². The standard InChI is InChI=1S/C15H17N5S/c1-16-14-12-9-5-3-4-6-11(9)21-15(12)18-13(17-14)10-7-8-20(2)19-10/h7-8H,3-6H2,1-2H3,(H,16,17,18). The zero-order valence-electron chi connectivity index (χ0n) is 12.2. The smallest absolute Gasteiger partial charge is 0.183 e. The van der Waals surface area contributed by atoms with E-state index in [9.17, 15) is 0 Å². The second-order valence-corrected chi connectivity index (χ2v) is 6.50. The van der Waals surface area contributed by atoms with Gasteiger partial charge in [0.05, 0.1) is 5.39 Å². The summed E-state index contributed by atoms with van der Waals surface area (Å²) in [7, 11) is 3.84. The van der Waals surface area contributed by atoms with Crippen LogP contribution in [-0.4, -0.2) is 26.8 Å². The van der Waals surface area contributed by atoms with E-state index in [1.165, 1.54) is 35.1 Å². The number of aryl methyl sites for hydroxylation is 3. The topological polar surface area (TPSA) is 55.6 Å². The predicted octanol–water partition coefficient (Wildman–Crippen LogP) is 3.01. The number of hydrogen-bond donors (Lipinski definition) is 1. The number of nitrogens with zero attached hydrogens (tertiary/aromatic N) is 4. The van der Waals surface area contributed by atoms with Gasteiger partial charge in [-0.2, -0.15) is 5.10 Å². The van der Waals surface area contributed by atoms with E-state index in [0.717, 1.165) is 22.8 Å². The van der Waals surface area contributed by atoms with Crippen molar-refractivity contribution in [1.82, 2.24) is 19.7 Å². The molecule has 0 fully saturated rings. The average molecular weight is 299 g/mol. The van der Waals surface area contributed by atoms with E-state index in [1.807, 2.05) is 37.7 Å². The highest BCUT2D eigenvalue weighted by Crippen LogP contribution is 2.39. The molecule has 0 saturated heterocycles. The van der Waals surface area contributed by atoms with Crippen LogP contribution in [0.2, 0.25) is 0 Å². The van der Waals surface area contributed by atoms with Crippen molar-refractivity contribution in [3.8, 4) is 11.5 Å². The third kappa shape index (κ3) is 2.01.